The van der Waals surface area contributed by atoms with E-state index in [0.29, 0.717) is 0 Å². The Morgan fingerprint density at radius 1 is 1.35 bits per heavy atom. The normalized spacial score (nSPS) is 11.8. The largest absolute Gasteiger partial charge is 0.394 e. The maximum Gasteiger partial charge on any atom is 0.262 e. The monoisotopic (exact) mass is 291 g/mol. The number of thiophene rings is 1. The van der Waals surface area contributed by atoms with E-state index in [1.54, 1.807) is 0 Å². The second-order valence-corrected chi connectivity index (χ2v) is 6.70. The molecule has 0 atom stereocenters. The Morgan fingerprint density at radius 2 is 2.05 bits per heavy atom. The molecule has 20 heavy (non-hydrogen) atoms. The van der Waals surface area contributed by atoms with Crippen molar-refractivity contribution in [1.82, 2.24) is 5.32 Å². The van der Waals surface area contributed by atoms with Gasteiger partial charge < -0.3 is 10.4 Å². The van der Waals surface area contributed by atoms with Crippen LogP contribution in [0.1, 0.15) is 42.4 Å². The van der Waals surface area contributed by atoms with Crippen molar-refractivity contribution in [2.45, 2.75) is 39.2 Å². The van der Waals surface area contributed by atoms with Crippen LogP contribution < -0.4 is 5.32 Å². The molecule has 0 aliphatic carbocycles. The molecule has 0 unspecified atom stereocenters. The Labute approximate surface area is 123 Å². The molecule has 1 aromatic carbocycles. The van der Waals surface area contributed by atoms with Crippen molar-refractivity contribution in [1.29, 1.82) is 0 Å². The Bertz CT molecular complexity index is 616. The molecular formula is C16H21NO2S. The predicted octanol–water partition coefficient (Wildman–Crippen LogP) is 3.35. The van der Waals surface area contributed by atoms with Crippen LogP contribution in [-0.4, -0.2) is 23.2 Å². The van der Waals surface area contributed by atoms with Crippen molar-refractivity contribution >= 4 is 27.3 Å². The van der Waals surface area contributed by atoms with Gasteiger partial charge in [0.05, 0.1) is 17.0 Å². The SMILES string of the molecule is CCCc1c(C(=O)NC(C)(C)CO)sc2ccccc12. The van der Waals surface area contributed by atoms with Gasteiger partial charge >= 0.3 is 0 Å². The summed E-state index contributed by atoms with van der Waals surface area (Å²) in [4.78, 5) is 13.2. The van der Waals surface area contributed by atoms with E-state index in [2.05, 4.69) is 18.3 Å². The van der Waals surface area contributed by atoms with Gasteiger partial charge in [0.25, 0.3) is 5.91 Å². The van der Waals surface area contributed by atoms with Crippen molar-refractivity contribution in [3.63, 3.8) is 0 Å². The highest BCUT2D eigenvalue weighted by atomic mass is 32.1. The van der Waals surface area contributed by atoms with Gasteiger partial charge in [-0.25, -0.2) is 0 Å². The van der Waals surface area contributed by atoms with E-state index < -0.39 is 5.54 Å². The minimum Gasteiger partial charge on any atom is -0.394 e. The van der Waals surface area contributed by atoms with Crippen LogP contribution >= 0.6 is 11.3 Å². The molecule has 0 saturated carbocycles. The van der Waals surface area contributed by atoms with Crippen molar-refractivity contribution in [3.05, 3.63) is 34.7 Å². The predicted molar refractivity (Wildman–Crippen MR) is 84.5 cm³/mol. The summed E-state index contributed by atoms with van der Waals surface area (Å²) >= 11 is 1.53. The Morgan fingerprint density at radius 3 is 2.70 bits per heavy atom. The topological polar surface area (TPSA) is 49.3 Å². The standard InChI is InChI=1S/C16H21NO2S/c1-4-7-12-11-8-5-6-9-13(11)20-14(12)15(19)17-16(2,3)10-18/h5-6,8-9,18H,4,7,10H2,1-3H3,(H,17,19). The lowest BCUT2D eigenvalue weighted by atomic mass is 10.0. The third-order valence-corrected chi connectivity index (χ3v) is 4.46. The summed E-state index contributed by atoms with van der Waals surface area (Å²) in [5, 5.41) is 13.4. The van der Waals surface area contributed by atoms with Crippen LogP contribution in [0.25, 0.3) is 10.1 Å². The lowest BCUT2D eigenvalue weighted by Gasteiger charge is -2.23. The molecular weight excluding hydrogens is 270 g/mol. The summed E-state index contributed by atoms with van der Waals surface area (Å²) in [5.41, 5.74) is 0.524. The van der Waals surface area contributed by atoms with Crippen LogP contribution in [0.3, 0.4) is 0 Å². The smallest absolute Gasteiger partial charge is 0.262 e. The molecule has 0 aliphatic rings. The van der Waals surface area contributed by atoms with Gasteiger partial charge in [-0.05, 0) is 37.3 Å². The molecule has 0 saturated heterocycles. The highest BCUT2D eigenvalue weighted by Gasteiger charge is 2.24. The number of carbonyl (C=O) groups excluding carboxylic acids is 1. The molecule has 1 amide bonds. The van der Waals surface area contributed by atoms with E-state index >= 15 is 0 Å². The summed E-state index contributed by atoms with van der Waals surface area (Å²) in [6.07, 6.45) is 1.90. The zero-order valence-corrected chi connectivity index (χ0v) is 13.0. The molecule has 2 aromatic rings. The third-order valence-electron chi connectivity index (χ3n) is 3.25. The van der Waals surface area contributed by atoms with Gasteiger partial charge in [0.2, 0.25) is 0 Å². The number of fused-ring (bicyclic) bond motifs is 1. The van der Waals surface area contributed by atoms with Gasteiger partial charge in [-0.2, -0.15) is 0 Å². The molecule has 1 aromatic heterocycles. The average molecular weight is 291 g/mol. The summed E-state index contributed by atoms with van der Waals surface area (Å²) in [6.45, 7) is 5.67. The fraction of sp³-hybridized carbons (Fsp3) is 0.438. The molecule has 2 N–H and O–H groups in total. The van der Waals surface area contributed by atoms with Crippen LogP contribution in [0.5, 0.6) is 0 Å². The van der Waals surface area contributed by atoms with Crippen molar-refractivity contribution in [3.8, 4) is 0 Å². The zero-order valence-electron chi connectivity index (χ0n) is 12.2. The number of aliphatic hydroxyl groups is 1. The number of hydrogen-bond acceptors (Lipinski definition) is 3. The first-order valence-corrected chi connectivity index (χ1v) is 7.74. The van der Waals surface area contributed by atoms with Crippen molar-refractivity contribution in [2.24, 2.45) is 0 Å². The lowest BCUT2D eigenvalue weighted by Crippen LogP contribution is -2.46. The molecule has 108 valence electrons. The number of rotatable bonds is 5. The zero-order chi connectivity index (χ0) is 14.8. The van der Waals surface area contributed by atoms with Gasteiger partial charge in [0.1, 0.15) is 0 Å². The van der Waals surface area contributed by atoms with Crippen LogP contribution in [0, 0.1) is 0 Å². The van der Waals surface area contributed by atoms with Gasteiger partial charge in [0, 0.05) is 4.70 Å². The summed E-state index contributed by atoms with van der Waals surface area (Å²) in [7, 11) is 0. The molecule has 0 fully saturated rings. The second-order valence-electron chi connectivity index (χ2n) is 5.65. The highest BCUT2D eigenvalue weighted by molar-refractivity contribution is 7.21. The maximum absolute atomic E-state index is 12.5. The Balaban J connectivity index is 2.42. The maximum atomic E-state index is 12.5. The molecule has 0 aliphatic heterocycles. The van der Waals surface area contributed by atoms with Crippen molar-refractivity contribution < 1.29 is 9.90 Å². The van der Waals surface area contributed by atoms with E-state index in [9.17, 15) is 9.90 Å². The Kier molecular flexibility index (Phi) is 4.45. The quantitative estimate of drug-likeness (QED) is 0.887. The number of nitrogens with one attached hydrogen (secondary N) is 1. The fourth-order valence-corrected chi connectivity index (χ4v) is 3.33. The summed E-state index contributed by atoms with van der Waals surface area (Å²) in [6, 6.07) is 8.12. The molecule has 0 bridgehead atoms. The molecule has 0 spiro atoms. The molecule has 4 heteroatoms. The summed E-state index contributed by atoms with van der Waals surface area (Å²) in [5.74, 6) is -0.0892. The minimum atomic E-state index is -0.600. The molecule has 3 nitrogen and oxygen atoms in total. The third kappa shape index (κ3) is 3.02. The van der Waals surface area contributed by atoms with E-state index in [1.807, 2.05) is 32.0 Å². The first-order chi connectivity index (χ1) is 9.48. The van der Waals surface area contributed by atoms with E-state index in [-0.39, 0.29) is 12.5 Å². The number of amides is 1. The van der Waals surface area contributed by atoms with Gasteiger partial charge in [-0.3, -0.25) is 4.79 Å². The second kappa shape index (κ2) is 5.94. The van der Waals surface area contributed by atoms with Gasteiger partial charge in [-0.15, -0.1) is 11.3 Å². The number of benzene rings is 1. The average Bonchev–Trinajstić information content (AvgIpc) is 2.78. The number of aryl methyl sites for hydroxylation is 1. The molecule has 1 heterocycles. The van der Waals surface area contributed by atoms with Gasteiger partial charge in [-0.1, -0.05) is 31.5 Å². The number of carbonyl (C=O) groups is 1. The first-order valence-electron chi connectivity index (χ1n) is 6.92. The van der Waals surface area contributed by atoms with Gasteiger partial charge in [0.15, 0.2) is 0 Å². The molecule has 0 radical (unpaired) electrons. The van der Waals surface area contributed by atoms with E-state index in [4.69, 9.17) is 0 Å². The molecule has 2 rings (SSSR count). The highest BCUT2D eigenvalue weighted by Crippen LogP contribution is 2.32. The van der Waals surface area contributed by atoms with Crippen LogP contribution in [-0.2, 0) is 6.42 Å². The minimum absolute atomic E-state index is 0.0766. The van der Waals surface area contributed by atoms with E-state index in [0.717, 1.165) is 28.0 Å². The van der Waals surface area contributed by atoms with Crippen LogP contribution in [0.4, 0.5) is 0 Å². The van der Waals surface area contributed by atoms with Crippen molar-refractivity contribution in [2.75, 3.05) is 6.61 Å². The fourth-order valence-electron chi connectivity index (χ4n) is 2.18. The van der Waals surface area contributed by atoms with E-state index in [1.165, 1.54) is 16.7 Å². The lowest BCUT2D eigenvalue weighted by molar-refractivity contribution is 0.0873. The van der Waals surface area contributed by atoms with Crippen LogP contribution in [0.15, 0.2) is 24.3 Å². The Hall–Kier alpha value is -1.39. The van der Waals surface area contributed by atoms with Crippen LogP contribution in [0.2, 0.25) is 0 Å². The number of hydrogen-bond donors (Lipinski definition) is 2. The number of aliphatic hydroxyl groups excluding tert-OH is 1. The summed E-state index contributed by atoms with van der Waals surface area (Å²) < 4.78 is 1.14. The first kappa shape index (κ1) is 15.0.